The van der Waals surface area contributed by atoms with E-state index in [0.717, 1.165) is 17.9 Å². The van der Waals surface area contributed by atoms with Crippen molar-refractivity contribution in [1.82, 2.24) is 0 Å². The summed E-state index contributed by atoms with van der Waals surface area (Å²) in [4.78, 5) is 4.09. The molecule has 0 saturated heterocycles. The van der Waals surface area contributed by atoms with Gasteiger partial charge in [-0.1, -0.05) is 29.5 Å². The van der Waals surface area contributed by atoms with Crippen molar-refractivity contribution >= 4 is 16.9 Å². The first-order chi connectivity index (χ1) is 8.24. The van der Waals surface area contributed by atoms with Gasteiger partial charge in [0.05, 0.1) is 6.61 Å². The van der Waals surface area contributed by atoms with Crippen LogP contribution in [0.4, 0.5) is 0 Å². The predicted octanol–water partition coefficient (Wildman–Crippen LogP) is 2.71. The normalized spacial score (nSPS) is 15.1. The van der Waals surface area contributed by atoms with Crippen LogP contribution in [0.3, 0.4) is 0 Å². The quantitative estimate of drug-likeness (QED) is 0.891. The smallest absolute Gasteiger partial charge is 0.158 e. The van der Waals surface area contributed by atoms with Crippen LogP contribution in [0.5, 0.6) is 5.75 Å². The third-order valence-electron chi connectivity index (χ3n) is 2.49. The highest BCUT2D eigenvalue weighted by Gasteiger charge is 2.05. The molecule has 1 heterocycles. The van der Waals surface area contributed by atoms with Gasteiger partial charge in [-0.15, -0.1) is 0 Å². The van der Waals surface area contributed by atoms with Gasteiger partial charge in [0, 0.05) is 18.4 Å². The Morgan fingerprint density at radius 1 is 1.35 bits per heavy atom. The Balaban J connectivity index is 1.78. The minimum absolute atomic E-state index is 0.646. The van der Waals surface area contributed by atoms with Crippen LogP contribution in [0.15, 0.2) is 41.0 Å². The average molecular weight is 248 g/mol. The fraction of sp³-hybridized carbons (Fsp3) is 0.308. The monoisotopic (exact) mass is 248 g/mol. The van der Waals surface area contributed by atoms with Crippen LogP contribution in [0, 0.1) is 6.92 Å². The lowest BCUT2D eigenvalue weighted by Gasteiger charge is -2.11. The molecular weight excluding hydrogens is 232 g/mol. The van der Waals surface area contributed by atoms with Gasteiger partial charge in [-0.05, 0) is 24.6 Å². The van der Waals surface area contributed by atoms with Crippen molar-refractivity contribution in [3.05, 3.63) is 41.6 Å². The Labute approximate surface area is 106 Å². The molecule has 2 N–H and O–H groups in total. The van der Waals surface area contributed by atoms with Crippen LogP contribution in [0.1, 0.15) is 12.0 Å². The highest BCUT2D eigenvalue weighted by molar-refractivity contribution is 8.14. The molecule has 0 fully saturated rings. The summed E-state index contributed by atoms with van der Waals surface area (Å²) in [6.45, 7) is 2.75. The summed E-state index contributed by atoms with van der Waals surface area (Å²) in [5.74, 6) is 1.84. The summed E-state index contributed by atoms with van der Waals surface area (Å²) in [7, 11) is 0. The molecule has 0 aromatic heterocycles. The summed E-state index contributed by atoms with van der Waals surface area (Å²) in [6, 6.07) is 8.09. The first-order valence-electron chi connectivity index (χ1n) is 5.57. The highest BCUT2D eigenvalue weighted by atomic mass is 32.2. The molecule has 1 aromatic carbocycles. The number of amidine groups is 1. The Bertz CT molecular complexity index is 437. The second kappa shape index (κ2) is 5.77. The van der Waals surface area contributed by atoms with Gasteiger partial charge in [0.25, 0.3) is 0 Å². The summed E-state index contributed by atoms with van der Waals surface area (Å²) >= 11 is 1.58. The molecule has 0 aliphatic carbocycles. The minimum Gasteiger partial charge on any atom is -0.493 e. The van der Waals surface area contributed by atoms with Crippen molar-refractivity contribution < 1.29 is 4.74 Å². The van der Waals surface area contributed by atoms with Gasteiger partial charge in [-0.2, -0.15) is 0 Å². The predicted molar refractivity (Wildman–Crippen MR) is 73.5 cm³/mol. The summed E-state index contributed by atoms with van der Waals surface area (Å²) < 4.78 is 5.66. The number of hydrogen-bond donors (Lipinski definition) is 1. The fourth-order valence-corrected chi connectivity index (χ4v) is 2.15. The molecule has 2 rings (SSSR count). The topological polar surface area (TPSA) is 47.6 Å². The molecule has 1 aromatic rings. The zero-order valence-corrected chi connectivity index (χ0v) is 10.7. The van der Waals surface area contributed by atoms with E-state index in [-0.39, 0.29) is 0 Å². The van der Waals surface area contributed by atoms with Crippen molar-refractivity contribution in [2.45, 2.75) is 13.3 Å². The number of hydrogen-bond acceptors (Lipinski definition) is 4. The molecule has 4 heteroatoms. The third-order valence-corrected chi connectivity index (χ3v) is 3.41. The lowest BCUT2D eigenvalue weighted by Crippen LogP contribution is -2.11. The number of aliphatic imine (C=N–C) groups is 1. The number of thioether (sulfide) groups is 1. The van der Waals surface area contributed by atoms with Crippen LogP contribution in [-0.2, 0) is 0 Å². The second-order valence-corrected chi connectivity index (χ2v) is 4.95. The molecule has 1 aliphatic rings. The zero-order chi connectivity index (χ0) is 12.1. The maximum absolute atomic E-state index is 5.66. The summed E-state index contributed by atoms with van der Waals surface area (Å²) in [5.41, 5.74) is 8.09. The molecular formula is C13H16N2OS. The van der Waals surface area contributed by atoms with Crippen molar-refractivity contribution in [1.29, 1.82) is 0 Å². The van der Waals surface area contributed by atoms with Gasteiger partial charge in [0.15, 0.2) is 5.17 Å². The van der Waals surface area contributed by atoms with Gasteiger partial charge in [-0.25, -0.2) is 4.99 Å². The molecule has 90 valence electrons. The fourth-order valence-electron chi connectivity index (χ4n) is 1.47. The molecule has 17 heavy (non-hydrogen) atoms. The number of nitrogens with zero attached hydrogens (tertiary/aromatic N) is 1. The minimum atomic E-state index is 0.646. The zero-order valence-electron chi connectivity index (χ0n) is 9.85. The van der Waals surface area contributed by atoms with Gasteiger partial charge in [0.1, 0.15) is 5.75 Å². The highest BCUT2D eigenvalue weighted by Crippen LogP contribution is 2.18. The van der Waals surface area contributed by atoms with Crippen LogP contribution in [0.25, 0.3) is 0 Å². The molecule has 0 amide bonds. The van der Waals surface area contributed by atoms with Crippen LogP contribution in [0.2, 0.25) is 0 Å². The molecule has 0 atom stereocenters. The molecule has 0 unspecified atom stereocenters. The van der Waals surface area contributed by atoms with Crippen molar-refractivity contribution in [2.75, 3.05) is 12.4 Å². The Kier molecular flexibility index (Phi) is 4.09. The van der Waals surface area contributed by atoms with E-state index in [0.29, 0.717) is 11.8 Å². The standard InChI is InChI=1S/C13H16N2OS/c1-10-2-4-12(5-3-10)16-7-6-11-8-15-13(14)17-9-11/h2-5,8H,6-7,9H2,1H3,(H2,14,15). The van der Waals surface area contributed by atoms with Gasteiger partial charge in [0.2, 0.25) is 0 Å². The Morgan fingerprint density at radius 2 is 2.12 bits per heavy atom. The Morgan fingerprint density at radius 3 is 2.76 bits per heavy atom. The molecule has 0 radical (unpaired) electrons. The van der Waals surface area contributed by atoms with E-state index in [2.05, 4.69) is 24.0 Å². The van der Waals surface area contributed by atoms with Crippen LogP contribution < -0.4 is 10.5 Å². The number of aryl methyl sites for hydroxylation is 1. The van der Waals surface area contributed by atoms with E-state index in [4.69, 9.17) is 10.5 Å². The molecule has 0 spiro atoms. The van der Waals surface area contributed by atoms with Crippen molar-refractivity contribution in [3.8, 4) is 5.75 Å². The van der Waals surface area contributed by atoms with E-state index in [1.165, 1.54) is 11.1 Å². The molecule has 0 bridgehead atoms. The number of ether oxygens (including phenoxy) is 1. The Hall–Kier alpha value is -1.42. The van der Waals surface area contributed by atoms with Crippen molar-refractivity contribution in [3.63, 3.8) is 0 Å². The maximum Gasteiger partial charge on any atom is 0.158 e. The van der Waals surface area contributed by atoms with E-state index >= 15 is 0 Å². The SMILES string of the molecule is Cc1ccc(OCCC2=CN=C(N)SC2)cc1. The van der Waals surface area contributed by atoms with Crippen molar-refractivity contribution in [2.24, 2.45) is 10.7 Å². The van der Waals surface area contributed by atoms with Gasteiger partial charge >= 0.3 is 0 Å². The lowest BCUT2D eigenvalue weighted by molar-refractivity contribution is 0.321. The van der Waals surface area contributed by atoms with E-state index in [9.17, 15) is 0 Å². The van der Waals surface area contributed by atoms with E-state index in [1.807, 2.05) is 18.3 Å². The molecule has 3 nitrogen and oxygen atoms in total. The first kappa shape index (κ1) is 12.0. The third kappa shape index (κ3) is 3.82. The maximum atomic E-state index is 5.66. The summed E-state index contributed by atoms with van der Waals surface area (Å²) in [5, 5.41) is 0.646. The number of rotatable bonds is 4. The molecule has 0 saturated carbocycles. The lowest BCUT2D eigenvalue weighted by atomic mass is 10.2. The second-order valence-electron chi connectivity index (χ2n) is 3.95. The number of nitrogens with two attached hydrogens (primary N) is 1. The average Bonchev–Trinajstić information content (AvgIpc) is 2.34. The first-order valence-corrected chi connectivity index (χ1v) is 6.56. The van der Waals surface area contributed by atoms with Gasteiger partial charge in [-0.3, -0.25) is 0 Å². The van der Waals surface area contributed by atoms with Gasteiger partial charge < -0.3 is 10.5 Å². The van der Waals surface area contributed by atoms with Crippen LogP contribution in [-0.4, -0.2) is 17.5 Å². The summed E-state index contributed by atoms with van der Waals surface area (Å²) in [6.07, 6.45) is 2.75. The van der Waals surface area contributed by atoms with E-state index < -0.39 is 0 Å². The van der Waals surface area contributed by atoms with E-state index in [1.54, 1.807) is 11.8 Å². The largest absolute Gasteiger partial charge is 0.493 e. The number of benzene rings is 1. The molecule has 1 aliphatic heterocycles. The van der Waals surface area contributed by atoms with Crippen LogP contribution >= 0.6 is 11.8 Å².